The highest BCUT2D eigenvalue weighted by Crippen LogP contribution is 2.26. The second-order valence-electron chi connectivity index (χ2n) is 21.3. The van der Waals surface area contributed by atoms with E-state index in [0.29, 0.717) is 48.9 Å². The summed E-state index contributed by atoms with van der Waals surface area (Å²) in [5.41, 5.74) is 9.93. The summed E-state index contributed by atoms with van der Waals surface area (Å²) >= 11 is 0. The second kappa shape index (κ2) is 54.0. The molecule has 1 heterocycles. The summed E-state index contributed by atoms with van der Waals surface area (Å²) in [5, 5.41) is 2.81. The largest absolute Gasteiger partial charge is 0.462 e. The molecule has 9 nitrogen and oxygen atoms in total. The third kappa shape index (κ3) is 44.0. The van der Waals surface area contributed by atoms with Gasteiger partial charge in [-0.15, -0.1) is 12.3 Å². The number of carbonyl (C=O) groups is 4. The summed E-state index contributed by atoms with van der Waals surface area (Å²) in [6.07, 6.45) is 46.3. The van der Waals surface area contributed by atoms with Gasteiger partial charge in [-0.25, -0.2) is 0 Å². The molecule has 1 aliphatic heterocycles. The molecule has 3 N–H and O–H groups in total. The second-order valence-corrected chi connectivity index (χ2v) is 21.3. The first-order valence-corrected chi connectivity index (χ1v) is 30.6. The van der Waals surface area contributed by atoms with Crippen LogP contribution in [0.1, 0.15) is 287 Å². The number of allylic oxidation sites excluding steroid dienone is 3. The zero-order valence-electron chi connectivity index (χ0n) is 49.4. The lowest BCUT2D eigenvalue weighted by Crippen LogP contribution is -2.34. The van der Waals surface area contributed by atoms with E-state index in [0.717, 1.165) is 82.6 Å². The molecule has 9 heteroatoms. The number of hydrogen-bond acceptors (Lipinski definition) is 9. The lowest BCUT2D eigenvalue weighted by Gasteiger charge is -2.24. The molecule has 428 valence electrons. The Kier molecular flexibility index (Phi) is 53.4. The van der Waals surface area contributed by atoms with Gasteiger partial charge >= 0.3 is 5.97 Å². The summed E-state index contributed by atoms with van der Waals surface area (Å²) in [5.74, 6) is 1.36. The normalized spacial score (nSPS) is 15.1. The molecule has 2 rings (SSSR count). The van der Waals surface area contributed by atoms with Crippen LogP contribution in [0.5, 0.6) is 0 Å². The van der Waals surface area contributed by atoms with E-state index in [4.69, 9.17) is 15.2 Å². The van der Waals surface area contributed by atoms with Crippen LogP contribution in [0, 0.1) is 5.92 Å². The van der Waals surface area contributed by atoms with Crippen molar-refractivity contribution in [3.63, 3.8) is 0 Å². The third-order valence-electron chi connectivity index (χ3n) is 14.2. The summed E-state index contributed by atoms with van der Waals surface area (Å²) in [6, 6.07) is 0.555. The predicted octanol–water partition coefficient (Wildman–Crippen LogP) is 17.0. The van der Waals surface area contributed by atoms with Crippen LogP contribution in [0.2, 0.25) is 0 Å². The van der Waals surface area contributed by atoms with Crippen molar-refractivity contribution in [3.05, 3.63) is 41.8 Å². The van der Waals surface area contributed by atoms with Gasteiger partial charge < -0.3 is 25.3 Å². The minimum Gasteiger partial charge on any atom is -0.462 e. The van der Waals surface area contributed by atoms with Gasteiger partial charge in [0.05, 0.1) is 17.9 Å². The van der Waals surface area contributed by atoms with E-state index in [1.165, 1.54) is 173 Å². The Labute approximate surface area is 453 Å². The van der Waals surface area contributed by atoms with E-state index in [1.54, 1.807) is 14.0 Å². The van der Waals surface area contributed by atoms with Gasteiger partial charge in [0.1, 0.15) is 17.7 Å². The Hall–Kier alpha value is -2.84. The van der Waals surface area contributed by atoms with E-state index in [1.807, 2.05) is 19.9 Å². The highest BCUT2D eigenvalue weighted by molar-refractivity contribution is 6.19. The SMILES string of the molecule is C=C=C1C(=O)C(NC)=C1C.C=CCCCCCCCCCCC.CCC(=O)CCN.CCCCCCCCC(CCCCCCCC)OC(=O)CCCCCCCOC[C@@H]1CC(C)CN1CCCCCC(C)=O.[HH]. The Morgan fingerprint density at radius 1 is 0.740 bits per heavy atom. The number of likely N-dealkylation sites (tertiary alicyclic amines) is 1. The fraction of sp³-hybridized carbons (Fsp3) is 0.828. The lowest BCUT2D eigenvalue weighted by molar-refractivity contribution is -0.150. The summed E-state index contributed by atoms with van der Waals surface area (Å²) in [4.78, 5) is 47.7. The van der Waals surface area contributed by atoms with Crippen LogP contribution >= 0.6 is 0 Å². The van der Waals surface area contributed by atoms with Crippen molar-refractivity contribution in [2.75, 3.05) is 39.9 Å². The van der Waals surface area contributed by atoms with Crippen molar-refractivity contribution in [2.24, 2.45) is 11.7 Å². The number of ketones is 3. The lowest BCUT2D eigenvalue weighted by atomic mass is 9.88. The number of ether oxygens (including phenoxy) is 2. The molecule has 0 spiro atoms. The van der Waals surface area contributed by atoms with E-state index in [-0.39, 0.29) is 25.1 Å². The average molecular weight is 1030 g/mol. The maximum atomic E-state index is 12.6. The zero-order chi connectivity index (χ0) is 54.6. The molecule has 73 heavy (non-hydrogen) atoms. The number of Topliss-reactive ketones (excluding diaryl/α,β-unsaturated/α-hetero) is 3. The van der Waals surface area contributed by atoms with Crippen molar-refractivity contribution in [1.29, 1.82) is 0 Å². The van der Waals surface area contributed by atoms with Crippen LogP contribution in [0.15, 0.2) is 41.8 Å². The van der Waals surface area contributed by atoms with Gasteiger partial charge in [0.25, 0.3) is 0 Å². The number of likely N-dealkylation sites (N-methyl/N-ethyl adjacent to an activating group) is 1. The molecule has 0 aromatic heterocycles. The number of nitrogens with zero attached hydrogens (tertiary/aromatic N) is 1. The topological polar surface area (TPSA) is 128 Å². The molecule has 1 fully saturated rings. The zero-order valence-corrected chi connectivity index (χ0v) is 49.4. The van der Waals surface area contributed by atoms with Crippen LogP contribution in [-0.4, -0.2) is 80.3 Å². The molecule has 0 aromatic rings. The molecule has 0 amide bonds. The minimum absolute atomic E-state index is 0. The quantitative estimate of drug-likeness (QED) is 0.0201. The minimum atomic E-state index is 0. The molecule has 0 aromatic carbocycles. The maximum absolute atomic E-state index is 12.6. The number of unbranched alkanes of at least 4 members (excludes halogenated alkanes) is 25. The molecule has 1 saturated heterocycles. The molecule has 0 saturated carbocycles. The number of nitrogens with one attached hydrogen (secondary N) is 1. The van der Waals surface area contributed by atoms with Gasteiger partial charge in [-0.05, 0) is 109 Å². The van der Waals surface area contributed by atoms with Gasteiger partial charge in [-0.3, -0.25) is 19.3 Å². The van der Waals surface area contributed by atoms with Gasteiger partial charge in [-0.1, -0.05) is 189 Å². The first kappa shape index (κ1) is 72.2. The smallest absolute Gasteiger partial charge is 0.306 e. The standard InChI is InChI=1S/C38H73NO4.C13H26.C8H9NO.C5H11NO.H2/c1-5-7-9-11-14-20-26-37(27-21-15-12-10-8-6-2)43-38(41)28-22-16-13-17-24-30-42-33-36-31-34(3)32-39(36)29-23-18-19-25-35(4)40;1-3-5-7-9-11-13-12-10-8-6-4-2;1-4-6-5(2)7(9-3)8(6)10;1-2-5(7)3-4-6;/h34,36-37H,5-33H2,1-4H3;3H,1,4-13H2,2H3;9H,1H2,2-3H3;2-4,6H2,1H3;1H/t34?,36-;;;;/m0..../s1. The Morgan fingerprint density at radius 3 is 1.70 bits per heavy atom. The summed E-state index contributed by atoms with van der Waals surface area (Å²) in [6.45, 7) is 26.2. The highest BCUT2D eigenvalue weighted by Gasteiger charge is 2.30. The first-order valence-electron chi connectivity index (χ1n) is 30.6. The van der Waals surface area contributed by atoms with Crippen LogP contribution < -0.4 is 11.1 Å². The van der Waals surface area contributed by atoms with Crippen molar-refractivity contribution >= 4 is 23.3 Å². The molecular formula is C64H121N3O6. The van der Waals surface area contributed by atoms with E-state index < -0.39 is 0 Å². The van der Waals surface area contributed by atoms with E-state index in [9.17, 15) is 19.2 Å². The molecule has 0 bridgehead atoms. The van der Waals surface area contributed by atoms with Crippen molar-refractivity contribution in [1.82, 2.24) is 10.2 Å². The fourth-order valence-electron chi connectivity index (χ4n) is 9.56. The van der Waals surface area contributed by atoms with Crippen molar-refractivity contribution < 1.29 is 30.1 Å². The van der Waals surface area contributed by atoms with E-state index in [2.05, 4.69) is 56.8 Å². The molecule has 1 aliphatic carbocycles. The molecule has 2 aliphatic rings. The summed E-state index contributed by atoms with van der Waals surface area (Å²) in [7, 11) is 1.73. The number of hydrogen-bond donors (Lipinski definition) is 2. The van der Waals surface area contributed by atoms with Crippen molar-refractivity contribution in [3.8, 4) is 0 Å². The van der Waals surface area contributed by atoms with E-state index >= 15 is 0 Å². The van der Waals surface area contributed by atoms with Gasteiger partial charge in [0.2, 0.25) is 5.78 Å². The Balaban J connectivity index is -0.00000130. The Morgan fingerprint density at radius 2 is 1.23 bits per heavy atom. The van der Waals surface area contributed by atoms with Crippen LogP contribution in [-0.2, 0) is 28.7 Å². The molecule has 0 radical (unpaired) electrons. The number of carbonyl (C=O) groups excluding carboxylic acids is 4. The van der Waals surface area contributed by atoms with Gasteiger partial charge in [0, 0.05) is 53.4 Å². The number of esters is 1. The Bertz CT molecular complexity index is 1430. The molecule has 1 unspecified atom stereocenters. The monoisotopic (exact) mass is 1030 g/mol. The third-order valence-corrected chi connectivity index (χ3v) is 14.2. The predicted molar refractivity (Wildman–Crippen MR) is 315 cm³/mol. The average Bonchev–Trinajstić information content (AvgIpc) is 3.73. The van der Waals surface area contributed by atoms with Gasteiger partial charge in [-0.2, -0.15) is 0 Å². The van der Waals surface area contributed by atoms with Crippen LogP contribution in [0.25, 0.3) is 0 Å². The van der Waals surface area contributed by atoms with Crippen LogP contribution in [0.3, 0.4) is 0 Å². The fourth-order valence-corrected chi connectivity index (χ4v) is 9.56. The van der Waals surface area contributed by atoms with Crippen LogP contribution in [0.4, 0.5) is 0 Å². The van der Waals surface area contributed by atoms with Gasteiger partial charge in [0.15, 0.2) is 0 Å². The van der Waals surface area contributed by atoms with Crippen molar-refractivity contribution in [2.45, 2.75) is 298 Å². The number of nitrogens with two attached hydrogens (primary N) is 1. The molecule has 2 atom stereocenters. The molecular weight excluding hydrogens is 907 g/mol. The first-order chi connectivity index (χ1) is 35.4. The highest BCUT2D eigenvalue weighted by atomic mass is 16.5. The number of rotatable bonds is 45. The summed E-state index contributed by atoms with van der Waals surface area (Å²) < 4.78 is 12.1. The maximum Gasteiger partial charge on any atom is 0.306 e.